The van der Waals surface area contributed by atoms with Crippen LogP contribution < -0.4 is 5.73 Å². The van der Waals surface area contributed by atoms with E-state index in [0.29, 0.717) is 16.5 Å². The molecule has 3 aromatic rings. The molecule has 0 aliphatic rings. The van der Waals surface area contributed by atoms with Gasteiger partial charge in [-0.3, -0.25) is 0 Å². The molecule has 0 spiro atoms. The lowest BCUT2D eigenvalue weighted by Crippen LogP contribution is -2.03. The third-order valence-electron chi connectivity index (χ3n) is 3.17. The van der Waals surface area contributed by atoms with Crippen molar-refractivity contribution in [1.29, 1.82) is 0 Å². The summed E-state index contributed by atoms with van der Waals surface area (Å²) in [4.78, 5) is 0. The van der Waals surface area contributed by atoms with E-state index in [1.165, 1.54) is 0 Å². The minimum Gasteiger partial charge on any atom is -0.382 e. The van der Waals surface area contributed by atoms with Gasteiger partial charge in [-0.2, -0.15) is 4.68 Å². The third kappa shape index (κ3) is 2.14. The summed E-state index contributed by atoms with van der Waals surface area (Å²) in [7, 11) is 0. The van der Waals surface area contributed by atoms with Gasteiger partial charge in [0.05, 0.1) is 5.69 Å². The number of nitrogens with zero attached hydrogens (tertiary/aromatic N) is 3. The van der Waals surface area contributed by atoms with Crippen LogP contribution in [-0.2, 0) is 0 Å². The van der Waals surface area contributed by atoms with Crippen molar-refractivity contribution in [3.8, 4) is 16.9 Å². The summed E-state index contributed by atoms with van der Waals surface area (Å²) in [5.41, 5.74) is 9.75. The van der Waals surface area contributed by atoms with Crippen LogP contribution in [0.25, 0.3) is 16.9 Å². The quantitative estimate of drug-likeness (QED) is 0.784. The van der Waals surface area contributed by atoms with Crippen molar-refractivity contribution in [1.82, 2.24) is 15.0 Å². The number of rotatable bonds is 2. The largest absolute Gasteiger partial charge is 0.382 e. The van der Waals surface area contributed by atoms with E-state index in [1.807, 2.05) is 55.5 Å². The summed E-state index contributed by atoms with van der Waals surface area (Å²) in [6.45, 7) is 2.01. The summed E-state index contributed by atoms with van der Waals surface area (Å²) in [5.74, 6) is 0.515. The monoisotopic (exact) mass is 284 g/mol. The molecule has 0 radical (unpaired) electrons. The van der Waals surface area contributed by atoms with Gasteiger partial charge in [-0.05, 0) is 30.7 Å². The molecule has 5 heteroatoms. The number of nitrogens with two attached hydrogens (primary N) is 1. The highest BCUT2D eigenvalue weighted by molar-refractivity contribution is 6.30. The molecule has 0 saturated heterocycles. The van der Waals surface area contributed by atoms with E-state index in [-0.39, 0.29) is 0 Å². The smallest absolute Gasteiger partial charge is 0.155 e. The van der Waals surface area contributed by atoms with E-state index < -0.39 is 0 Å². The first-order chi connectivity index (χ1) is 9.66. The Bertz CT molecular complexity index is 747. The van der Waals surface area contributed by atoms with Gasteiger partial charge < -0.3 is 5.73 Å². The number of hydrogen-bond acceptors (Lipinski definition) is 3. The first kappa shape index (κ1) is 12.7. The van der Waals surface area contributed by atoms with Crippen LogP contribution in [0.3, 0.4) is 0 Å². The van der Waals surface area contributed by atoms with E-state index >= 15 is 0 Å². The van der Waals surface area contributed by atoms with Gasteiger partial charge in [-0.15, -0.1) is 5.10 Å². The molecule has 0 saturated carbocycles. The highest BCUT2D eigenvalue weighted by Gasteiger charge is 2.13. The summed E-state index contributed by atoms with van der Waals surface area (Å²) < 4.78 is 1.65. The van der Waals surface area contributed by atoms with Crippen LogP contribution in [0.1, 0.15) is 5.56 Å². The van der Waals surface area contributed by atoms with Gasteiger partial charge in [0.15, 0.2) is 5.82 Å². The van der Waals surface area contributed by atoms with Crippen molar-refractivity contribution < 1.29 is 0 Å². The number of aryl methyl sites for hydroxylation is 1. The van der Waals surface area contributed by atoms with Crippen molar-refractivity contribution in [2.75, 3.05) is 5.73 Å². The lowest BCUT2D eigenvalue weighted by Gasteiger charge is -2.06. The Kier molecular flexibility index (Phi) is 3.16. The lowest BCUT2D eigenvalue weighted by molar-refractivity contribution is 0.806. The molecule has 4 nitrogen and oxygen atoms in total. The number of para-hydroxylation sites is 1. The maximum absolute atomic E-state index is 6.18. The third-order valence-corrected chi connectivity index (χ3v) is 3.42. The molecule has 3 rings (SSSR count). The normalized spacial score (nSPS) is 10.7. The molecule has 2 N–H and O–H groups in total. The fourth-order valence-electron chi connectivity index (χ4n) is 2.08. The predicted molar refractivity (Wildman–Crippen MR) is 81.0 cm³/mol. The molecule has 0 amide bonds. The van der Waals surface area contributed by atoms with Gasteiger partial charge >= 0.3 is 0 Å². The van der Waals surface area contributed by atoms with Crippen LogP contribution in [0.5, 0.6) is 0 Å². The molecule has 1 heterocycles. The average molecular weight is 285 g/mol. The first-order valence-electron chi connectivity index (χ1n) is 6.20. The number of aromatic nitrogens is 3. The van der Waals surface area contributed by atoms with Crippen LogP contribution >= 0.6 is 11.6 Å². The summed E-state index contributed by atoms with van der Waals surface area (Å²) in [6.07, 6.45) is 0. The highest BCUT2D eigenvalue weighted by atomic mass is 35.5. The molecular formula is C15H13ClN4. The molecule has 20 heavy (non-hydrogen) atoms. The molecular weight excluding hydrogens is 272 g/mol. The van der Waals surface area contributed by atoms with Crippen molar-refractivity contribution in [3.05, 3.63) is 59.1 Å². The minimum atomic E-state index is 0.515. The van der Waals surface area contributed by atoms with Gasteiger partial charge in [0.25, 0.3) is 0 Å². The SMILES string of the molecule is Cc1ccccc1-n1nnc(-c2ccc(Cl)cc2)c1N. The lowest BCUT2D eigenvalue weighted by atomic mass is 10.1. The molecule has 1 aromatic heterocycles. The Labute approximate surface area is 121 Å². The fourth-order valence-corrected chi connectivity index (χ4v) is 2.21. The van der Waals surface area contributed by atoms with Gasteiger partial charge in [-0.1, -0.05) is 47.1 Å². The molecule has 100 valence electrons. The number of anilines is 1. The zero-order chi connectivity index (χ0) is 14.1. The van der Waals surface area contributed by atoms with Gasteiger partial charge in [0.2, 0.25) is 0 Å². The second-order valence-electron chi connectivity index (χ2n) is 4.53. The standard InChI is InChI=1S/C15H13ClN4/c1-10-4-2-3-5-13(10)20-15(17)14(18-19-20)11-6-8-12(16)9-7-11/h2-9H,17H2,1H3. The maximum atomic E-state index is 6.18. The number of benzene rings is 2. The summed E-state index contributed by atoms with van der Waals surface area (Å²) in [6, 6.07) is 15.3. The zero-order valence-electron chi connectivity index (χ0n) is 10.9. The van der Waals surface area contributed by atoms with E-state index in [4.69, 9.17) is 17.3 Å². The van der Waals surface area contributed by atoms with E-state index in [0.717, 1.165) is 16.8 Å². The topological polar surface area (TPSA) is 56.7 Å². The van der Waals surface area contributed by atoms with Crippen LogP contribution in [0.4, 0.5) is 5.82 Å². The van der Waals surface area contributed by atoms with E-state index in [1.54, 1.807) is 4.68 Å². The van der Waals surface area contributed by atoms with Crippen molar-refractivity contribution in [2.45, 2.75) is 6.92 Å². The molecule has 0 bridgehead atoms. The minimum absolute atomic E-state index is 0.515. The maximum Gasteiger partial charge on any atom is 0.155 e. The Morgan fingerprint density at radius 1 is 1.05 bits per heavy atom. The molecule has 0 aliphatic carbocycles. The number of nitrogen functional groups attached to an aromatic ring is 1. The molecule has 0 unspecified atom stereocenters. The Morgan fingerprint density at radius 2 is 1.75 bits per heavy atom. The van der Waals surface area contributed by atoms with Gasteiger partial charge in [0.1, 0.15) is 5.69 Å². The van der Waals surface area contributed by atoms with Crippen LogP contribution in [-0.4, -0.2) is 15.0 Å². The summed E-state index contributed by atoms with van der Waals surface area (Å²) >= 11 is 5.89. The Morgan fingerprint density at radius 3 is 2.45 bits per heavy atom. The summed E-state index contributed by atoms with van der Waals surface area (Å²) in [5, 5.41) is 9.01. The van der Waals surface area contributed by atoms with E-state index in [9.17, 15) is 0 Å². The van der Waals surface area contributed by atoms with Gasteiger partial charge in [0, 0.05) is 10.6 Å². The molecule has 0 aliphatic heterocycles. The van der Waals surface area contributed by atoms with Crippen molar-refractivity contribution >= 4 is 17.4 Å². The number of hydrogen-bond donors (Lipinski definition) is 1. The number of halogens is 1. The first-order valence-corrected chi connectivity index (χ1v) is 6.58. The van der Waals surface area contributed by atoms with Crippen LogP contribution in [0, 0.1) is 6.92 Å². The van der Waals surface area contributed by atoms with E-state index in [2.05, 4.69) is 10.3 Å². The Hall–Kier alpha value is -2.33. The fraction of sp³-hybridized carbons (Fsp3) is 0.0667. The zero-order valence-corrected chi connectivity index (χ0v) is 11.7. The molecule has 0 atom stereocenters. The van der Waals surface area contributed by atoms with Crippen molar-refractivity contribution in [3.63, 3.8) is 0 Å². The van der Waals surface area contributed by atoms with Gasteiger partial charge in [-0.25, -0.2) is 0 Å². The average Bonchev–Trinajstić information content (AvgIpc) is 2.82. The van der Waals surface area contributed by atoms with Crippen LogP contribution in [0.2, 0.25) is 5.02 Å². The van der Waals surface area contributed by atoms with Crippen LogP contribution in [0.15, 0.2) is 48.5 Å². The highest BCUT2D eigenvalue weighted by Crippen LogP contribution is 2.27. The predicted octanol–water partition coefficient (Wildman–Crippen LogP) is 3.48. The van der Waals surface area contributed by atoms with Crippen molar-refractivity contribution in [2.24, 2.45) is 0 Å². The second-order valence-corrected chi connectivity index (χ2v) is 4.96. The molecule has 0 fully saturated rings. The second kappa shape index (κ2) is 4.98. The molecule has 2 aromatic carbocycles. The Balaban J connectivity index is 2.09.